The molecule has 1 aromatic carbocycles. The lowest BCUT2D eigenvalue weighted by Gasteiger charge is -2.18. The molecule has 128 valence electrons. The van der Waals surface area contributed by atoms with E-state index in [1.165, 1.54) is 23.5 Å². The number of amides is 1. The Morgan fingerprint density at radius 1 is 1.25 bits per heavy atom. The molecule has 0 aliphatic rings. The van der Waals surface area contributed by atoms with Gasteiger partial charge in [-0.3, -0.25) is 9.59 Å². The number of esters is 1. The first-order valence-corrected chi connectivity index (χ1v) is 8.72. The molecule has 0 spiro atoms. The molecule has 1 amide bonds. The highest BCUT2D eigenvalue weighted by atomic mass is 32.1. The van der Waals surface area contributed by atoms with Gasteiger partial charge in [-0.2, -0.15) is 0 Å². The highest BCUT2D eigenvalue weighted by molar-refractivity contribution is 7.10. The van der Waals surface area contributed by atoms with E-state index in [0.717, 1.165) is 23.3 Å². The van der Waals surface area contributed by atoms with Gasteiger partial charge < -0.3 is 10.1 Å². The molecule has 0 saturated carbocycles. The van der Waals surface area contributed by atoms with Crippen LogP contribution in [-0.2, 0) is 14.3 Å². The van der Waals surface area contributed by atoms with Gasteiger partial charge in [-0.15, -0.1) is 11.3 Å². The quantitative estimate of drug-likeness (QED) is 0.737. The lowest BCUT2D eigenvalue weighted by Crippen LogP contribution is -2.32. The third-order valence-electron chi connectivity index (χ3n) is 3.44. The third-order valence-corrected chi connectivity index (χ3v) is 4.37. The van der Waals surface area contributed by atoms with E-state index in [1.807, 2.05) is 24.4 Å². The summed E-state index contributed by atoms with van der Waals surface area (Å²) < 4.78 is 18.1. The minimum atomic E-state index is -0.396. The molecule has 0 saturated heterocycles. The maximum atomic E-state index is 13.1. The van der Waals surface area contributed by atoms with Crippen LogP contribution in [0.3, 0.4) is 0 Å². The van der Waals surface area contributed by atoms with Crippen molar-refractivity contribution in [3.63, 3.8) is 0 Å². The molecule has 0 bridgehead atoms. The Morgan fingerprint density at radius 3 is 2.62 bits per heavy atom. The smallest absolute Gasteiger partial charge is 0.306 e. The summed E-state index contributed by atoms with van der Waals surface area (Å²) in [6.45, 7) is 1.67. The molecule has 2 rings (SSSR count). The van der Waals surface area contributed by atoms with Crippen molar-refractivity contribution < 1.29 is 18.7 Å². The fourth-order valence-corrected chi connectivity index (χ4v) is 2.97. The lowest BCUT2D eigenvalue weighted by atomic mass is 10.1. The molecular weight excluding hydrogens is 329 g/mol. The van der Waals surface area contributed by atoms with Crippen LogP contribution >= 0.6 is 11.3 Å². The summed E-state index contributed by atoms with van der Waals surface area (Å²) in [5.41, 5.74) is 0.768. The second-order valence-electron chi connectivity index (χ2n) is 5.33. The van der Waals surface area contributed by atoms with Gasteiger partial charge in [0.15, 0.2) is 6.61 Å². The number of hydrogen-bond donors (Lipinski definition) is 1. The third kappa shape index (κ3) is 5.45. The van der Waals surface area contributed by atoms with Gasteiger partial charge in [0, 0.05) is 11.3 Å². The summed E-state index contributed by atoms with van der Waals surface area (Å²) in [6, 6.07) is 9.35. The zero-order valence-electron chi connectivity index (χ0n) is 13.5. The number of unbranched alkanes of at least 4 members (excludes halogenated alkanes) is 1. The van der Waals surface area contributed by atoms with Crippen LogP contribution in [0.1, 0.15) is 42.7 Å². The molecular formula is C18H20FNO3S. The highest BCUT2D eigenvalue weighted by Crippen LogP contribution is 2.26. The van der Waals surface area contributed by atoms with E-state index >= 15 is 0 Å². The minimum Gasteiger partial charge on any atom is -0.456 e. The van der Waals surface area contributed by atoms with Crippen molar-refractivity contribution in [1.29, 1.82) is 0 Å². The molecule has 1 N–H and O–H groups in total. The summed E-state index contributed by atoms with van der Waals surface area (Å²) in [5.74, 6) is -1.09. The maximum absolute atomic E-state index is 13.1. The zero-order valence-corrected chi connectivity index (χ0v) is 14.3. The first-order valence-electron chi connectivity index (χ1n) is 7.84. The Bertz CT molecular complexity index is 655. The predicted octanol–water partition coefficient (Wildman–Crippen LogP) is 3.83. The molecule has 0 fully saturated rings. The van der Waals surface area contributed by atoms with Gasteiger partial charge in [-0.05, 0) is 35.6 Å². The number of halogens is 1. The molecule has 1 aromatic heterocycles. The molecule has 0 aliphatic carbocycles. The molecule has 0 aliphatic heterocycles. The normalized spacial score (nSPS) is 11.8. The van der Waals surface area contributed by atoms with E-state index in [4.69, 9.17) is 4.74 Å². The summed E-state index contributed by atoms with van der Waals surface area (Å²) in [5, 5.41) is 4.74. The van der Waals surface area contributed by atoms with Gasteiger partial charge in [0.2, 0.25) is 0 Å². The zero-order chi connectivity index (χ0) is 17.4. The maximum Gasteiger partial charge on any atom is 0.306 e. The number of benzene rings is 1. The van der Waals surface area contributed by atoms with Crippen LogP contribution in [-0.4, -0.2) is 18.5 Å². The van der Waals surface area contributed by atoms with Crippen LogP contribution in [0, 0.1) is 5.82 Å². The highest BCUT2D eigenvalue weighted by Gasteiger charge is 2.18. The van der Waals surface area contributed by atoms with Crippen molar-refractivity contribution in [3.05, 3.63) is 58.0 Å². The number of thiophene rings is 1. The van der Waals surface area contributed by atoms with Crippen LogP contribution < -0.4 is 5.32 Å². The van der Waals surface area contributed by atoms with Crippen molar-refractivity contribution in [2.45, 2.75) is 32.2 Å². The number of carbonyl (C=O) groups is 2. The molecule has 6 heteroatoms. The second kappa shape index (κ2) is 9.17. The second-order valence-corrected chi connectivity index (χ2v) is 6.31. The Morgan fingerprint density at radius 2 is 2.00 bits per heavy atom. The summed E-state index contributed by atoms with van der Waals surface area (Å²) >= 11 is 1.49. The lowest BCUT2D eigenvalue weighted by molar-refractivity contribution is -0.148. The Labute approximate surface area is 144 Å². The van der Waals surface area contributed by atoms with E-state index in [-0.39, 0.29) is 24.3 Å². The average molecular weight is 349 g/mol. The average Bonchev–Trinajstić information content (AvgIpc) is 3.11. The molecule has 0 unspecified atom stereocenters. The monoisotopic (exact) mass is 349 g/mol. The molecule has 1 heterocycles. The Kier molecular flexibility index (Phi) is 6.93. The Hall–Kier alpha value is -2.21. The van der Waals surface area contributed by atoms with Crippen LogP contribution in [0.15, 0.2) is 41.8 Å². The molecule has 1 atom stereocenters. The van der Waals surface area contributed by atoms with Gasteiger partial charge in [0.1, 0.15) is 5.82 Å². The predicted molar refractivity (Wildman–Crippen MR) is 91.2 cm³/mol. The number of nitrogens with one attached hydrogen (secondary N) is 1. The van der Waals surface area contributed by atoms with Gasteiger partial charge in [-0.1, -0.05) is 31.5 Å². The fourth-order valence-electron chi connectivity index (χ4n) is 2.17. The largest absolute Gasteiger partial charge is 0.456 e. The van der Waals surface area contributed by atoms with Crippen LogP contribution in [0.25, 0.3) is 0 Å². The first kappa shape index (κ1) is 18.1. The van der Waals surface area contributed by atoms with E-state index in [0.29, 0.717) is 6.42 Å². The fraction of sp³-hybridized carbons (Fsp3) is 0.333. The molecule has 2 aromatic rings. The van der Waals surface area contributed by atoms with Crippen LogP contribution in [0.5, 0.6) is 0 Å². The number of rotatable bonds is 8. The minimum absolute atomic E-state index is 0.314. The van der Waals surface area contributed by atoms with Crippen molar-refractivity contribution in [2.24, 2.45) is 0 Å². The van der Waals surface area contributed by atoms with Crippen molar-refractivity contribution in [3.8, 4) is 0 Å². The number of ether oxygens (including phenoxy) is 1. The summed E-state index contributed by atoms with van der Waals surface area (Å²) in [6.07, 6.45) is 1.95. The number of hydrogen-bond acceptors (Lipinski definition) is 4. The molecule has 4 nitrogen and oxygen atoms in total. The van der Waals surface area contributed by atoms with Gasteiger partial charge in [0.25, 0.3) is 5.91 Å². The molecule has 0 radical (unpaired) electrons. The number of carbonyl (C=O) groups excluding carboxylic acids is 2. The van der Waals surface area contributed by atoms with E-state index in [1.54, 1.807) is 12.1 Å². The topological polar surface area (TPSA) is 55.4 Å². The van der Waals surface area contributed by atoms with Gasteiger partial charge in [-0.25, -0.2) is 4.39 Å². The first-order chi connectivity index (χ1) is 11.6. The van der Waals surface area contributed by atoms with Gasteiger partial charge >= 0.3 is 5.97 Å². The van der Waals surface area contributed by atoms with Crippen molar-refractivity contribution >= 4 is 23.2 Å². The van der Waals surface area contributed by atoms with Gasteiger partial charge in [0.05, 0.1) is 6.04 Å². The van der Waals surface area contributed by atoms with E-state index < -0.39 is 6.04 Å². The SMILES string of the molecule is CCCCC(=O)OCC(=O)N[C@H](c1ccc(F)cc1)c1cccs1. The standard InChI is InChI=1S/C18H20FNO3S/c1-2-3-6-17(22)23-12-16(21)20-18(15-5-4-11-24-15)13-7-9-14(19)10-8-13/h4-5,7-11,18H,2-3,6,12H2,1H3,(H,20,21)/t18-/m1/s1. The van der Waals surface area contributed by atoms with Crippen molar-refractivity contribution in [1.82, 2.24) is 5.32 Å². The van der Waals surface area contributed by atoms with Crippen LogP contribution in [0.4, 0.5) is 4.39 Å². The summed E-state index contributed by atoms with van der Waals surface area (Å²) in [4.78, 5) is 24.5. The Balaban J connectivity index is 2.00. The van der Waals surface area contributed by atoms with E-state index in [2.05, 4.69) is 5.32 Å². The summed E-state index contributed by atoms with van der Waals surface area (Å²) in [7, 11) is 0. The van der Waals surface area contributed by atoms with E-state index in [9.17, 15) is 14.0 Å². The van der Waals surface area contributed by atoms with Crippen molar-refractivity contribution in [2.75, 3.05) is 6.61 Å². The molecule has 24 heavy (non-hydrogen) atoms. The van der Waals surface area contributed by atoms with Crippen LogP contribution in [0.2, 0.25) is 0 Å².